The van der Waals surface area contributed by atoms with E-state index in [1.165, 1.54) is 0 Å². The van der Waals surface area contributed by atoms with E-state index in [0.29, 0.717) is 5.56 Å². The SMILES string of the molecule is Cc1cc(C(N)=O)ccc1[B]OC(C)(C)C(C)(C)P. The van der Waals surface area contributed by atoms with Crippen LogP contribution in [0.4, 0.5) is 0 Å². The van der Waals surface area contributed by atoms with Crippen LogP contribution in [0.5, 0.6) is 0 Å². The summed E-state index contributed by atoms with van der Waals surface area (Å²) in [4.78, 5) is 11.1. The molecule has 3 nitrogen and oxygen atoms in total. The number of nitrogens with two attached hydrogens (primary N) is 1. The molecule has 0 saturated carbocycles. The first kappa shape index (κ1) is 16.2. The summed E-state index contributed by atoms with van der Waals surface area (Å²) in [5, 5.41) is -0.0510. The summed E-state index contributed by atoms with van der Waals surface area (Å²) in [6.45, 7) is 10.2. The molecule has 0 bridgehead atoms. The van der Waals surface area contributed by atoms with Crippen LogP contribution in [-0.2, 0) is 4.65 Å². The van der Waals surface area contributed by atoms with Crippen LogP contribution in [0.15, 0.2) is 18.2 Å². The van der Waals surface area contributed by atoms with Gasteiger partial charge in [-0.05, 0) is 32.9 Å². The molecule has 0 heterocycles. The van der Waals surface area contributed by atoms with Crippen molar-refractivity contribution in [1.82, 2.24) is 0 Å². The fraction of sp³-hybridized carbons (Fsp3) is 0.500. The first-order chi connectivity index (χ1) is 8.54. The third-order valence-electron chi connectivity index (χ3n) is 3.59. The highest BCUT2D eigenvalue weighted by Crippen LogP contribution is 2.33. The van der Waals surface area contributed by atoms with Crippen LogP contribution in [0.1, 0.15) is 43.6 Å². The van der Waals surface area contributed by atoms with Gasteiger partial charge in [-0.15, -0.1) is 9.24 Å². The van der Waals surface area contributed by atoms with Gasteiger partial charge in [0.1, 0.15) is 0 Å². The molecule has 1 radical (unpaired) electrons. The van der Waals surface area contributed by atoms with E-state index in [-0.39, 0.29) is 10.8 Å². The highest BCUT2D eigenvalue weighted by molar-refractivity contribution is 7.19. The standard InChI is InChI=1S/C14H22BNO2P/c1-9-8-10(12(16)17)6-7-11(9)15-18-13(2,3)14(4,5)19/h6-8H,19H2,1-5H3,(H2,16,17). The number of hydrogen-bond acceptors (Lipinski definition) is 2. The lowest BCUT2D eigenvalue weighted by atomic mass is 9.81. The van der Waals surface area contributed by atoms with Gasteiger partial charge in [-0.3, -0.25) is 4.79 Å². The fourth-order valence-corrected chi connectivity index (χ4v) is 1.39. The third kappa shape index (κ3) is 4.05. The molecule has 0 fully saturated rings. The lowest BCUT2D eigenvalue weighted by molar-refractivity contribution is 0.0840. The van der Waals surface area contributed by atoms with Crippen molar-refractivity contribution in [2.75, 3.05) is 0 Å². The Kier molecular flexibility index (Phi) is 4.81. The summed E-state index contributed by atoms with van der Waals surface area (Å²) in [7, 11) is 4.54. The summed E-state index contributed by atoms with van der Waals surface area (Å²) in [5.41, 5.74) is 7.37. The van der Waals surface area contributed by atoms with Gasteiger partial charge in [0.15, 0.2) is 0 Å². The minimum absolute atomic E-state index is 0.0510. The summed E-state index contributed by atoms with van der Waals surface area (Å²) in [6, 6.07) is 5.33. The van der Waals surface area contributed by atoms with Gasteiger partial charge in [-0.2, -0.15) is 0 Å². The molecule has 0 aliphatic rings. The quantitative estimate of drug-likeness (QED) is 0.659. The van der Waals surface area contributed by atoms with E-state index in [2.05, 4.69) is 23.1 Å². The molecule has 0 aliphatic heterocycles. The molecule has 1 aromatic rings. The number of amides is 1. The average Bonchev–Trinajstić information content (AvgIpc) is 2.25. The Morgan fingerprint density at radius 1 is 1.32 bits per heavy atom. The normalized spacial score (nSPS) is 12.3. The number of rotatable bonds is 5. The predicted molar refractivity (Wildman–Crippen MR) is 84.0 cm³/mol. The van der Waals surface area contributed by atoms with E-state index < -0.39 is 5.91 Å². The first-order valence-corrected chi connectivity index (χ1v) is 6.83. The Labute approximate surface area is 118 Å². The molecular formula is C14H22BNO2P. The molecular weight excluding hydrogens is 256 g/mol. The van der Waals surface area contributed by atoms with Gasteiger partial charge in [0.2, 0.25) is 5.91 Å². The van der Waals surface area contributed by atoms with Crippen LogP contribution < -0.4 is 11.2 Å². The zero-order chi connectivity index (χ0) is 14.8. The second-order valence-corrected chi connectivity index (χ2v) is 7.35. The van der Waals surface area contributed by atoms with Gasteiger partial charge >= 0.3 is 7.48 Å². The number of hydrogen-bond donors (Lipinski definition) is 1. The van der Waals surface area contributed by atoms with Crippen LogP contribution in [0, 0.1) is 6.92 Å². The van der Waals surface area contributed by atoms with Crippen LogP contribution in [0.3, 0.4) is 0 Å². The maximum Gasteiger partial charge on any atom is 0.331 e. The molecule has 0 saturated heterocycles. The van der Waals surface area contributed by atoms with Crippen molar-refractivity contribution in [3.8, 4) is 0 Å². The second kappa shape index (κ2) is 5.64. The molecule has 5 heteroatoms. The number of carbonyl (C=O) groups excluding carboxylic acids is 1. The second-order valence-electron chi connectivity index (χ2n) is 5.90. The molecule has 103 valence electrons. The monoisotopic (exact) mass is 278 g/mol. The highest BCUT2D eigenvalue weighted by atomic mass is 31.0. The Morgan fingerprint density at radius 3 is 2.32 bits per heavy atom. The number of carbonyl (C=O) groups is 1. The predicted octanol–water partition coefficient (Wildman–Crippen LogP) is 1.79. The van der Waals surface area contributed by atoms with E-state index in [9.17, 15) is 4.79 Å². The Bertz CT molecular complexity index is 481. The number of primary amides is 1. The lowest BCUT2D eigenvalue weighted by Crippen LogP contribution is -2.45. The Morgan fingerprint density at radius 2 is 1.89 bits per heavy atom. The van der Waals surface area contributed by atoms with Crippen molar-refractivity contribution in [1.29, 1.82) is 0 Å². The van der Waals surface area contributed by atoms with Crippen molar-refractivity contribution in [3.05, 3.63) is 29.3 Å². The largest absolute Gasteiger partial charge is 0.429 e. The minimum atomic E-state index is -0.415. The van der Waals surface area contributed by atoms with E-state index >= 15 is 0 Å². The van der Waals surface area contributed by atoms with Crippen molar-refractivity contribution in [2.24, 2.45) is 5.73 Å². The third-order valence-corrected chi connectivity index (χ3v) is 4.28. The number of benzene rings is 1. The van der Waals surface area contributed by atoms with E-state index in [1.54, 1.807) is 19.6 Å². The van der Waals surface area contributed by atoms with Gasteiger partial charge in [0.05, 0.1) is 5.60 Å². The molecule has 0 aromatic heterocycles. The molecule has 1 aromatic carbocycles. The van der Waals surface area contributed by atoms with Crippen LogP contribution in [0.2, 0.25) is 0 Å². The molecule has 0 aliphatic carbocycles. The smallest absolute Gasteiger partial charge is 0.331 e. The summed E-state index contributed by atoms with van der Waals surface area (Å²) < 4.78 is 5.90. The van der Waals surface area contributed by atoms with Gasteiger partial charge in [-0.25, -0.2) is 0 Å². The van der Waals surface area contributed by atoms with Gasteiger partial charge in [-0.1, -0.05) is 30.9 Å². The summed E-state index contributed by atoms with van der Waals surface area (Å²) in [6.07, 6.45) is 0. The van der Waals surface area contributed by atoms with E-state index in [4.69, 9.17) is 10.4 Å². The molecule has 1 atom stereocenters. The summed E-state index contributed by atoms with van der Waals surface area (Å²) >= 11 is 0. The zero-order valence-electron chi connectivity index (χ0n) is 12.3. The number of aryl methyl sites for hydroxylation is 1. The van der Waals surface area contributed by atoms with E-state index in [0.717, 1.165) is 11.0 Å². The molecule has 19 heavy (non-hydrogen) atoms. The lowest BCUT2D eigenvalue weighted by Gasteiger charge is -2.39. The highest BCUT2D eigenvalue weighted by Gasteiger charge is 2.33. The van der Waals surface area contributed by atoms with E-state index in [1.807, 2.05) is 26.8 Å². The van der Waals surface area contributed by atoms with Gasteiger partial charge < -0.3 is 10.4 Å². The fourth-order valence-electron chi connectivity index (χ4n) is 1.32. The Hall–Kier alpha value is -0.855. The van der Waals surface area contributed by atoms with Crippen LogP contribution in [-0.4, -0.2) is 24.1 Å². The summed E-state index contributed by atoms with van der Waals surface area (Å²) in [5.74, 6) is -0.415. The molecule has 2 N–H and O–H groups in total. The molecule has 0 spiro atoms. The minimum Gasteiger partial charge on any atom is -0.429 e. The van der Waals surface area contributed by atoms with Crippen molar-refractivity contribution >= 4 is 28.1 Å². The van der Waals surface area contributed by atoms with Gasteiger partial charge in [0, 0.05) is 10.7 Å². The van der Waals surface area contributed by atoms with Crippen molar-refractivity contribution in [2.45, 2.75) is 45.4 Å². The zero-order valence-corrected chi connectivity index (χ0v) is 13.4. The Balaban J connectivity index is 2.82. The topological polar surface area (TPSA) is 52.3 Å². The van der Waals surface area contributed by atoms with Crippen LogP contribution in [0.25, 0.3) is 0 Å². The molecule has 1 amide bonds. The molecule has 1 unspecified atom stereocenters. The average molecular weight is 278 g/mol. The first-order valence-electron chi connectivity index (χ1n) is 6.25. The molecule has 1 rings (SSSR count). The van der Waals surface area contributed by atoms with Crippen LogP contribution >= 0.6 is 9.24 Å². The van der Waals surface area contributed by atoms with Crippen molar-refractivity contribution < 1.29 is 9.45 Å². The van der Waals surface area contributed by atoms with Gasteiger partial charge in [0.25, 0.3) is 0 Å². The maximum absolute atomic E-state index is 11.1. The maximum atomic E-state index is 11.1. The van der Waals surface area contributed by atoms with Crippen molar-refractivity contribution in [3.63, 3.8) is 0 Å².